The van der Waals surface area contributed by atoms with E-state index < -0.39 is 0 Å². The molecule has 2 rings (SSSR count). The van der Waals surface area contributed by atoms with Crippen LogP contribution in [0.1, 0.15) is 44.6 Å². The summed E-state index contributed by atoms with van der Waals surface area (Å²) in [5.41, 5.74) is 1.52. The Kier molecular flexibility index (Phi) is 4.68. The third-order valence-corrected chi connectivity index (χ3v) is 4.40. The van der Waals surface area contributed by atoms with E-state index in [-0.39, 0.29) is 0 Å². The van der Waals surface area contributed by atoms with Crippen LogP contribution in [0.5, 0.6) is 5.75 Å². The number of benzene rings is 1. The van der Waals surface area contributed by atoms with E-state index in [4.69, 9.17) is 4.74 Å². The van der Waals surface area contributed by atoms with Crippen LogP contribution in [0.4, 0.5) is 0 Å². The number of ether oxygens (including phenoxy) is 1. The summed E-state index contributed by atoms with van der Waals surface area (Å²) >= 11 is 3.52. The quantitative estimate of drug-likeness (QED) is 0.896. The molecule has 0 aliphatic heterocycles. The molecule has 1 aliphatic carbocycles. The molecule has 1 fully saturated rings. The average molecular weight is 312 g/mol. The molecule has 2 nitrogen and oxygen atoms in total. The van der Waals surface area contributed by atoms with Gasteiger partial charge in [-0.25, -0.2) is 0 Å². The Hall–Kier alpha value is -0.540. The molecule has 3 heteroatoms. The van der Waals surface area contributed by atoms with Crippen molar-refractivity contribution < 1.29 is 4.74 Å². The first kappa shape index (κ1) is 13.9. The second kappa shape index (κ2) is 6.07. The Morgan fingerprint density at radius 2 is 2.00 bits per heavy atom. The van der Waals surface area contributed by atoms with Crippen LogP contribution in [-0.2, 0) is 6.54 Å². The average Bonchev–Trinajstić information content (AvgIpc) is 2.38. The van der Waals surface area contributed by atoms with Gasteiger partial charge in [0.05, 0.1) is 7.11 Å². The molecule has 1 aliphatic rings. The molecule has 1 N–H and O–H groups in total. The summed E-state index contributed by atoms with van der Waals surface area (Å²) < 4.78 is 6.52. The fraction of sp³-hybridized carbons (Fsp3) is 0.600. The molecular weight excluding hydrogens is 290 g/mol. The van der Waals surface area contributed by atoms with E-state index in [1.807, 2.05) is 12.1 Å². The van der Waals surface area contributed by atoms with Crippen molar-refractivity contribution >= 4 is 15.9 Å². The van der Waals surface area contributed by atoms with Gasteiger partial charge < -0.3 is 10.1 Å². The molecular formula is C15H22BrNO. The second-order valence-corrected chi connectivity index (χ2v) is 6.35. The van der Waals surface area contributed by atoms with Gasteiger partial charge in [0.15, 0.2) is 0 Å². The largest absolute Gasteiger partial charge is 0.496 e. The lowest BCUT2D eigenvalue weighted by Gasteiger charge is -2.35. The summed E-state index contributed by atoms with van der Waals surface area (Å²) in [6.07, 6.45) is 6.64. The lowest BCUT2D eigenvalue weighted by Crippen LogP contribution is -2.43. The first-order chi connectivity index (χ1) is 8.63. The zero-order valence-corrected chi connectivity index (χ0v) is 12.8. The summed E-state index contributed by atoms with van der Waals surface area (Å²) in [5.74, 6) is 0.963. The molecule has 0 heterocycles. The van der Waals surface area contributed by atoms with Gasteiger partial charge in [0.2, 0.25) is 0 Å². The number of halogens is 1. The third-order valence-electron chi connectivity index (χ3n) is 3.91. The second-order valence-electron chi connectivity index (χ2n) is 5.43. The highest BCUT2D eigenvalue weighted by molar-refractivity contribution is 9.10. The number of hydrogen-bond donors (Lipinski definition) is 1. The summed E-state index contributed by atoms with van der Waals surface area (Å²) in [6.45, 7) is 3.22. The molecule has 0 radical (unpaired) electrons. The van der Waals surface area contributed by atoms with Gasteiger partial charge in [-0.2, -0.15) is 0 Å². The molecule has 1 aromatic rings. The van der Waals surface area contributed by atoms with Crippen LogP contribution >= 0.6 is 15.9 Å². The van der Waals surface area contributed by atoms with E-state index >= 15 is 0 Å². The van der Waals surface area contributed by atoms with Gasteiger partial charge in [0.25, 0.3) is 0 Å². The SMILES string of the molecule is COc1ccc(Br)cc1CNC1(C)CCCCC1. The van der Waals surface area contributed by atoms with E-state index in [1.54, 1.807) is 7.11 Å². The van der Waals surface area contributed by atoms with Gasteiger partial charge in [-0.15, -0.1) is 0 Å². The van der Waals surface area contributed by atoms with E-state index in [2.05, 4.69) is 34.2 Å². The molecule has 100 valence electrons. The van der Waals surface area contributed by atoms with E-state index in [0.717, 1.165) is 16.8 Å². The Labute approximate surface area is 118 Å². The predicted molar refractivity (Wildman–Crippen MR) is 79.0 cm³/mol. The van der Waals surface area contributed by atoms with Crippen LogP contribution in [-0.4, -0.2) is 12.6 Å². The van der Waals surface area contributed by atoms with Crippen LogP contribution < -0.4 is 10.1 Å². The molecule has 0 aromatic heterocycles. The molecule has 0 spiro atoms. The van der Waals surface area contributed by atoms with Crippen molar-refractivity contribution in [3.8, 4) is 5.75 Å². The van der Waals surface area contributed by atoms with Crippen molar-refractivity contribution in [1.82, 2.24) is 5.32 Å². The van der Waals surface area contributed by atoms with Crippen molar-refractivity contribution in [2.75, 3.05) is 7.11 Å². The highest BCUT2D eigenvalue weighted by atomic mass is 79.9. The van der Waals surface area contributed by atoms with Crippen molar-refractivity contribution in [2.45, 2.75) is 51.1 Å². The highest BCUT2D eigenvalue weighted by Crippen LogP contribution is 2.29. The number of methoxy groups -OCH3 is 1. The minimum absolute atomic E-state index is 0.297. The molecule has 1 saturated carbocycles. The zero-order valence-electron chi connectivity index (χ0n) is 11.3. The first-order valence-electron chi connectivity index (χ1n) is 6.70. The maximum Gasteiger partial charge on any atom is 0.123 e. The van der Waals surface area contributed by atoms with E-state index in [0.29, 0.717) is 5.54 Å². The van der Waals surface area contributed by atoms with Crippen LogP contribution in [0.2, 0.25) is 0 Å². The molecule has 0 amide bonds. The Bertz CT molecular complexity index is 399. The molecule has 0 unspecified atom stereocenters. The molecule has 18 heavy (non-hydrogen) atoms. The predicted octanol–water partition coefficient (Wildman–Crippen LogP) is 4.27. The smallest absolute Gasteiger partial charge is 0.123 e. The van der Waals surface area contributed by atoms with Gasteiger partial charge >= 0.3 is 0 Å². The van der Waals surface area contributed by atoms with Crippen LogP contribution in [0, 0.1) is 0 Å². The molecule has 0 bridgehead atoms. The van der Waals surface area contributed by atoms with Crippen molar-refractivity contribution in [1.29, 1.82) is 0 Å². The Balaban J connectivity index is 2.02. The number of nitrogens with one attached hydrogen (secondary N) is 1. The highest BCUT2D eigenvalue weighted by Gasteiger charge is 2.26. The lowest BCUT2D eigenvalue weighted by atomic mass is 9.83. The van der Waals surface area contributed by atoms with Gasteiger partial charge in [-0.05, 0) is 38.0 Å². The van der Waals surface area contributed by atoms with Gasteiger partial charge in [0.1, 0.15) is 5.75 Å². The van der Waals surface area contributed by atoms with E-state index in [1.165, 1.54) is 37.7 Å². The summed E-state index contributed by atoms with van der Waals surface area (Å²) in [7, 11) is 1.73. The van der Waals surface area contributed by atoms with Crippen LogP contribution in [0.15, 0.2) is 22.7 Å². The first-order valence-corrected chi connectivity index (χ1v) is 7.50. The number of hydrogen-bond acceptors (Lipinski definition) is 2. The minimum atomic E-state index is 0.297. The van der Waals surface area contributed by atoms with E-state index in [9.17, 15) is 0 Å². The topological polar surface area (TPSA) is 21.3 Å². The summed E-state index contributed by atoms with van der Waals surface area (Å²) in [6, 6.07) is 6.17. The normalized spacial score (nSPS) is 18.6. The van der Waals surface area contributed by atoms with Crippen molar-refractivity contribution in [2.24, 2.45) is 0 Å². The molecule has 1 aromatic carbocycles. The fourth-order valence-corrected chi connectivity index (χ4v) is 3.11. The van der Waals surface area contributed by atoms with Crippen molar-refractivity contribution in [3.05, 3.63) is 28.2 Å². The number of rotatable bonds is 4. The van der Waals surface area contributed by atoms with Crippen LogP contribution in [0.3, 0.4) is 0 Å². The van der Waals surface area contributed by atoms with Crippen molar-refractivity contribution in [3.63, 3.8) is 0 Å². The fourth-order valence-electron chi connectivity index (χ4n) is 2.70. The standard InChI is InChI=1S/C15H22BrNO/c1-15(8-4-3-5-9-15)17-11-12-10-13(16)6-7-14(12)18-2/h6-7,10,17H,3-5,8-9,11H2,1-2H3. The summed E-state index contributed by atoms with van der Waals surface area (Å²) in [4.78, 5) is 0. The monoisotopic (exact) mass is 311 g/mol. The Morgan fingerprint density at radius 3 is 2.67 bits per heavy atom. The Morgan fingerprint density at radius 1 is 1.28 bits per heavy atom. The van der Waals surface area contributed by atoms with Gasteiger partial charge in [0, 0.05) is 22.1 Å². The molecule has 0 atom stereocenters. The maximum atomic E-state index is 5.41. The minimum Gasteiger partial charge on any atom is -0.496 e. The summed E-state index contributed by atoms with van der Waals surface area (Å²) in [5, 5.41) is 3.72. The van der Waals surface area contributed by atoms with Gasteiger partial charge in [-0.3, -0.25) is 0 Å². The van der Waals surface area contributed by atoms with Crippen LogP contribution in [0.25, 0.3) is 0 Å². The van der Waals surface area contributed by atoms with Gasteiger partial charge in [-0.1, -0.05) is 35.2 Å². The third kappa shape index (κ3) is 3.48. The maximum absolute atomic E-state index is 5.41. The molecule has 0 saturated heterocycles. The zero-order chi connectivity index (χ0) is 13.0. The lowest BCUT2D eigenvalue weighted by molar-refractivity contribution is 0.251.